The van der Waals surface area contributed by atoms with E-state index >= 15 is 0 Å². The molecule has 0 radical (unpaired) electrons. The Labute approximate surface area is 184 Å². The smallest absolute Gasteiger partial charge is 0.236 e. The molecular weight excluding hydrogens is 412 g/mol. The molecule has 1 fully saturated rings. The summed E-state index contributed by atoms with van der Waals surface area (Å²) >= 11 is 1.53. The van der Waals surface area contributed by atoms with Crippen LogP contribution in [0.5, 0.6) is 5.75 Å². The molecule has 2 amide bonds. The lowest BCUT2D eigenvalue weighted by atomic mass is 9.87. The third-order valence-corrected chi connectivity index (χ3v) is 7.29. The zero-order valence-electron chi connectivity index (χ0n) is 17.9. The first-order chi connectivity index (χ1) is 14.8. The van der Waals surface area contributed by atoms with Gasteiger partial charge in [0, 0.05) is 43.3 Å². The van der Waals surface area contributed by atoms with E-state index < -0.39 is 5.41 Å². The Morgan fingerprint density at radius 3 is 2.81 bits per heavy atom. The predicted octanol–water partition coefficient (Wildman–Crippen LogP) is 3.52. The number of nitrogens with zero attached hydrogens (tertiary/aromatic N) is 3. The van der Waals surface area contributed by atoms with Crippen LogP contribution in [0.4, 0.5) is 5.69 Å². The van der Waals surface area contributed by atoms with Crippen LogP contribution in [-0.2, 0) is 15.0 Å². The maximum Gasteiger partial charge on any atom is 0.236 e. The number of pyridine rings is 1. The van der Waals surface area contributed by atoms with Gasteiger partial charge in [0.25, 0.3) is 0 Å². The van der Waals surface area contributed by atoms with Crippen molar-refractivity contribution in [2.75, 3.05) is 18.5 Å². The third kappa shape index (κ3) is 3.17. The Morgan fingerprint density at radius 2 is 2.06 bits per heavy atom. The number of rotatable bonds is 4. The molecular formula is C23H24N4O3S. The number of benzene rings is 1. The molecule has 4 heterocycles. The van der Waals surface area contributed by atoms with E-state index in [1.165, 1.54) is 11.3 Å². The number of amides is 2. The molecule has 0 saturated carbocycles. The molecule has 2 aliphatic rings. The van der Waals surface area contributed by atoms with Crippen LogP contribution in [0.25, 0.3) is 21.5 Å². The molecule has 31 heavy (non-hydrogen) atoms. The number of carbonyl (C=O) groups is 2. The van der Waals surface area contributed by atoms with E-state index in [-0.39, 0.29) is 23.8 Å². The van der Waals surface area contributed by atoms with Crippen LogP contribution in [0.2, 0.25) is 0 Å². The fourth-order valence-electron chi connectivity index (χ4n) is 4.43. The summed E-state index contributed by atoms with van der Waals surface area (Å²) in [5.74, 6) is 1.02. The molecule has 1 N–H and O–H groups in total. The van der Waals surface area contributed by atoms with E-state index in [4.69, 9.17) is 4.74 Å². The lowest BCUT2D eigenvalue weighted by Crippen LogP contribution is -2.33. The van der Waals surface area contributed by atoms with Gasteiger partial charge in [0.1, 0.15) is 11.9 Å². The standard InChI is InChI=1S/C23H24N4O3S/c1-12(14-7-20(28)25-9-14)30-19-6-13(5-17-21(19)31-11-26-17)16-8-18-15(10-24-16)23(2,3)22(29)27(18)4/h5-6,8,10-12,14H,7,9H2,1-4H3,(H,25,28). The molecule has 2 aliphatic heterocycles. The molecule has 2 aromatic heterocycles. The molecule has 160 valence electrons. The highest BCUT2D eigenvalue weighted by Crippen LogP contribution is 2.43. The van der Waals surface area contributed by atoms with Gasteiger partial charge in [-0.1, -0.05) is 0 Å². The van der Waals surface area contributed by atoms with Crippen molar-refractivity contribution in [1.82, 2.24) is 15.3 Å². The van der Waals surface area contributed by atoms with Crippen molar-refractivity contribution in [3.05, 3.63) is 35.5 Å². The van der Waals surface area contributed by atoms with Gasteiger partial charge in [-0.15, -0.1) is 11.3 Å². The number of aromatic nitrogens is 2. The van der Waals surface area contributed by atoms with Gasteiger partial charge in [0.05, 0.1) is 32.5 Å². The van der Waals surface area contributed by atoms with E-state index in [0.717, 1.165) is 38.5 Å². The Bertz CT molecular complexity index is 1220. The summed E-state index contributed by atoms with van der Waals surface area (Å²) in [7, 11) is 1.80. The Morgan fingerprint density at radius 1 is 1.26 bits per heavy atom. The van der Waals surface area contributed by atoms with Crippen LogP contribution in [0.3, 0.4) is 0 Å². The number of nitrogens with one attached hydrogen (secondary N) is 1. The second-order valence-electron chi connectivity index (χ2n) is 8.84. The van der Waals surface area contributed by atoms with Crippen molar-refractivity contribution in [3.63, 3.8) is 0 Å². The van der Waals surface area contributed by atoms with Gasteiger partial charge in [-0.05, 0) is 39.0 Å². The molecule has 0 aliphatic carbocycles. The van der Waals surface area contributed by atoms with Gasteiger partial charge in [-0.2, -0.15) is 0 Å². The summed E-state index contributed by atoms with van der Waals surface area (Å²) in [5, 5.41) is 2.87. The van der Waals surface area contributed by atoms with Crippen LogP contribution < -0.4 is 15.0 Å². The SMILES string of the molecule is CC(Oc1cc(-c2cc3c(cn2)C(C)(C)C(=O)N3C)cc2ncsc12)C1CNC(=O)C1. The molecule has 3 aromatic rings. The number of carbonyl (C=O) groups excluding carboxylic acids is 2. The molecule has 1 aromatic carbocycles. The fourth-order valence-corrected chi connectivity index (χ4v) is 5.16. The first-order valence-corrected chi connectivity index (χ1v) is 11.2. The van der Waals surface area contributed by atoms with Gasteiger partial charge in [-0.25, -0.2) is 4.98 Å². The average Bonchev–Trinajstić information content (AvgIpc) is 3.44. The zero-order valence-corrected chi connectivity index (χ0v) is 18.7. The second-order valence-corrected chi connectivity index (χ2v) is 9.70. The first-order valence-electron chi connectivity index (χ1n) is 10.4. The summed E-state index contributed by atoms with van der Waals surface area (Å²) in [6, 6.07) is 5.95. The maximum atomic E-state index is 12.6. The van der Waals surface area contributed by atoms with Crippen molar-refractivity contribution in [1.29, 1.82) is 0 Å². The van der Waals surface area contributed by atoms with Gasteiger partial charge in [0.2, 0.25) is 11.8 Å². The lowest BCUT2D eigenvalue weighted by molar-refractivity contribution is -0.122. The van der Waals surface area contributed by atoms with Crippen LogP contribution in [0.1, 0.15) is 32.8 Å². The van der Waals surface area contributed by atoms with Gasteiger partial charge < -0.3 is 15.0 Å². The van der Waals surface area contributed by atoms with E-state index in [2.05, 4.69) is 15.3 Å². The number of ether oxygens (including phenoxy) is 1. The number of hydrogen-bond donors (Lipinski definition) is 1. The van der Waals surface area contributed by atoms with E-state index in [9.17, 15) is 9.59 Å². The summed E-state index contributed by atoms with van der Waals surface area (Å²) in [6.45, 7) is 6.49. The fraction of sp³-hybridized carbons (Fsp3) is 0.391. The molecule has 0 bridgehead atoms. The van der Waals surface area contributed by atoms with Crippen LogP contribution in [0.15, 0.2) is 29.9 Å². The molecule has 1 saturated heterocycles. The van der Waals surface area contributed by atoms with Crippen molar-refractivity contribution >= 4 is 39.1 Å². The Hall–Kier alpha value is -3.00. The van der Waals surface area contributed by atoms with Crippen molar-refractivity contribution in [2.24, 2.45) is 5.92 Å². The highest BCUT2D eigenvalue weighted by Gasteiger charge is 2.42. The summed E-state index contributed by atoms with van der Waals surface area (Å²) in [4.78, 5) is 35.1. The normalized spacial score (nSPS) is 20.8. The highest BCUT2D eigenvalue weighted by molar-refractivity contribution is 7.17. The quantitative estimate of drug-likeness (QED) is 0.677. The average molecular weight is 437 g/mol. The van der Waals surface area contributed by atoms with E-state index in [0.29, 0.717) is 13.0 Å². The van der Waals surface area contributed by atoms with Crippen LogP contribution in [-0.4, -0.2) is 41.5 Å². The zero-order chi connectivity index (χ0) is 21.9. The summed E-state index contributed by atoms with van der Waals surface area (Å²) in [5.41, 5.74) is 5.53. The summed E-state index contributed by atoms with van der Waals surface area (Å²) in [6.07, 6.45) is 2.17. The molecule has 2 unspecified atom stereocenters. The largest absolute Gasteiger partial charge is 0.489 e. The molecule has 5 rings (SSSR count). The van der Waals surface area contributed by atoms with E-state index in [1.807, 2.05) is 39.0 Å². The van der Waals surface area contributed by atoms with Crippen molar-refractivity contribution < 1.29 is 14.3 Å². The maximum absolute atomic E-state index is 12.6. The highest BCUT2D eigenvalue weighted by atomic mass is 32.1. The van der Waals surface area contributed by atoms with Crippen molar-refractivity contribution in [3.8, 4) is 17.0 Å². The summed E-state index contributed by atoms with van der Waals surface area (Å²) < 4.78 is 7.30. The second kappa shape index (κ2) is 7.02. The molecule has 0 spiro atoms. The number of thiazole rings is 1. The van der Waals surface area contributed by atoms with Gasteiger partial charge >= 0.3 is 0 Å². The Balaban J connectivity index is 1.53. The minimum Gasteiger partial charge on any atom is -0.489 e. The number of fused-ring (bicyclic) bond motifs is 2. The van der Waals surface area contributed by atoms with Crippen LogP contribution in [0, 0.1) is 5.92 Å². The minimum atomic E-state index is -0.578. The number of likely N-dealkylation sites (N-methyl/N-ethyl adjacent to an activating group) is 1. The van der Waals surface area contributed by atoms with Crippen molar-refractivity contribution in [2.45, 2.75) is 38.7 Å². The topological polar surface area (TPSA) is 84.4 Å². The minimum absolute atomic E-state index is 0.0639. The van der Waals surface area contributed by atoms with Gasteiger partial charge in [-0.3, -0.25) is 14.6 Å². The monoisotopic (exact) mass is 436 g/mol. The lowest BCUT2D eigenvalue weighted by Gasteiger charge is -2.20. The number of anilines is 1. The number of hydrogen-bond acceptors (Lipinski definition) is 6. The molecule has 2 atom stereocenters. The predicted molar refractivity (Wildman–Crippen MR) is 120 cm³/mol. The first kappa shape index (κ1) is 19.9. The molecule has 8 heteroatoms. The molecule has 7 nitrogen and oxygen atoms in total. The van der Waals surface area contributed by atoms with Gasteiger partial charge in [0.15, 0.2) is 0 Å². The third-order valence-electron chi connectivity index (χ3n) is 6.44. The van der Waals surface area contributed by atoms with Crippen LogP contribution >= 0.6 is 11.3 Å². The van der Waals surface area contributed by atoms with E-state index in [1.54, 1.807) is 23.7 Å². The Kier molecular flexibility index (Phi) is 4.51.